The summed E-state index contributed by atoms with van der Waals surface area (Å²) in [4.78, 5) is 23.3. The van der Waals surface area contributed by atoms with Crippen LogP contribution >= 0.6 is 0 Å². The summed E-state index contributed by atoms with van der Waals surface area (Å²) in [5.74, 6) is 0.506. The zero-order valence-corrected chi connectivity index (χ0v) is 12.1. The van der Waals surface area contributed by atoms with E-state index < -0.39 is 5.72 Å². The average Bonchev–Trinajstić information content (AvgIpc) is 2.60. The normalized spacial score (nSPS) is 41.4. The van der Waals surface area contributed by atoms with Crippen LogP contribution in [0.5, 0.6) is 0 Å². The molecule has 104 valence electrons. The summed E-state index contributed by atoms with van der Waals surface area (Å²) in [6, 6.07) is 0. The van der Waals surface area contributed by atoms with Crippen molar-refractivity contribution in [1.29, 1.82) is 0 Å². The van der Waals surface area contributed by atoms with Gasteiger partial charge in [-0.15, -0.1) is 0 Å². The van der Waals surface area contributed by atoms with Gasteiger partial charge in [0.15, 0.2) is 0 Å². The van der Waals surface area contributed by atoms with Crippen LogP contribution in [0.25, 0.3) is 0 Å². The maximum absolute atomic E-state index is 11.8. The quantitative estimate of drug-likeness (QED) is 0.678. The first-order chi connectivity index (χ1) is 8.71. The van der Waals surface area contributed by atoms with Crippen LogP contribution in [0.4, 0.5) is 0 Å². The van der Waals surface area contributed by atoms with Gasteiger partial charge in [0.1, 0.15) is 0 Å². The molecular formula is C14H20N2O3. The van der Waals surface area contributed by atoms with E-state index in [2.05, 4.69) is 18.9 Å². The lowest BCUT2D eigenvalue weighted by atomic mass is 9.84. The van der Waals surface area contributed by atoms with Gasteiger partial charge in [-0.1, -0.05) is 13.8 Å². The molecule has 0 aromatic heterocycles. The molecule has 1 aliphatic heterocycles. The van der Waals surface area contributed by atoms with E-state index in [-0.39, 0.29) is 23.2 Å². The number of nitrogens with zero attached hydrogens (tertiary/aromatic N) is 2. The van der Waals surface area contributed by atoms with E-state index >= 15 is 0 Å². The highest BCUT2D eigenvalue weighted by Gasteiger charge is 2.77. The van der Waals surface area contributed by atoms with Gasteiger partial charge in [0.2, 0.25) is 11.6 Å². The van der Waals surface area contributed by atoms with Crippen molar-refractivity contribution in [2.24, 2.45) is 28.3 Å². The van der Waals surface area contributed by atoms with Crippen molar-refractivity contribution in [3.63, 3.8) is 0 Å². The third-order valence-electron chi connectivity index (χ3n) is 5.18. The molecule has 0 saturated heterocycles. The number of hydrazone groups is 1. The highest BCUT2D eigenvalue weighted by Crippen LogP contribution is 2.74. The van der Waals surface area contributed by atoms with Crippen LogP contribution in [0.3, 0.4) is 0 Å². The van der Waals surface area contributed by atoms with E-state index in [1.807, 2.05) is 6.92 Å². The SMILES string of the molecule is CC(=O)O[C@@]12C[C@@H]3[C@H]([C@@H]1C(C)=NN2C(C)=O)C3(C)C. The minimum atomic E-state index is -0.855. The van der Waals surface area contributed by atoms with E-state index in [0.29, 0.717) is 18.3 Å². The Hall–Kier alpha value is -1.39. The van der Waals surface area contributed by atoms with E-state index in [1.165, 1.54) is 18.9 Å². The smallest absolute Gasteiger partial charge is 0.304 e. The summed E-state index contributed by atoms with van der Waals surface area (Å²) in [7, 11) is 0. The molecule has 2 saturated carbocycles. The summed E-state index contributed by atoms with van der Waals surface area (Å²) in [6.45, 7) is 9.28. The lowest BCUT2D eigenvalue weighted by Crippen LogP contribution is -2.53. The van der Waals surface area contributed by atoms with Gasteiger partial charge in [0.25, 0.3) is 0 Å². The van der Waals surface area contributed by atoms with Crippen molar-refractivity contribution < 1.29 is 14.3 Å². The van der Waals surface area contributed by atoms with Crippen molar-refractivity contribution in [2.45, 2.75) is 46.8 Å². The number of amides is 1. The molecule has 4 atom stereocenters. The van der Waals surface area contributed by atoms with Gasteiger partial charge in [-0.2, -0.15) is 10.1 Å². The zero-order valence-electron chi connectivity index (χ0n) is 12.1. The molecule has 2 aliphatic carbocycles. The molecule has 2 fully saturated rings. The second-order valence-electron chi connectivity index (χ2n) is 6.65. The van der Waals surface area contributed by atoms with Crippen LogP contribution < -0.4 is 0 Å². The summed E-state index contributed by atoms with van der Waals surface area (Å²) in [6.07, 6.45) is 0.704. The third kappa shape index (κ3) is 1.38. The molecule has 0 spiro atoms. The van der Waals surface area contributed by atoms with Crippen molar-refractivity contribution in [3.8, 4) is 0 Å². The predicted molar refractivity (Wildman–Crippen MR) is 69.0 cm³/mol. The van der Waals surface area contributed by atoms with Crippen LogP contribution in [-0.2, 0) is 14.3 Å². The second-order valence-corrected chi connectivity index (χ2v) is 6.65. The summed E-state index contributed by atoms with van der Waals surface area (Å²) in [5, 5.41) is 5.76. The van der Waals surface area contributed by atoms with Gasteiger partial charge >= 0.3 is 5.97 Å². The Morgan fingerprint density at radius 2 is 2.00 bits per heavy atom. The molecule has 1 heterocycles. The zero-order chi connectivity index (χ0) is 14.2. The van der Waals surface area contributed by atoms with Crippen molar-refractivity contribution >= 4 is 17.6 Å². The lowest BCUT2D eigenvalue weighted by Gasteiger charge is -2.38. The first-order valence-corrected chi connectivity index (χ1v) is 6.77. The molecule has 0 bridgehead atoms. The Bertz CT molecular complexity index is 511. The molecule has 0 radical (unpaired) electrons. The molecule has 3 aliphatic rings. The number of carbonyl (C=O) groups is 2. The van der Waals surface area contributed by atoms with Gasteiger partial charge in [0, 0.05) is 26.0 Å². The standard InChI is InChI=1S/C14H20N2O3/c1-7-11-12-10(13(12,4)5)6-14(11,19-9(3)18)16(15-7)8(2)17/h10-12H,6H2,1-5H3/t10-,11+,12-,14+/m1/s1. The Kier molecular flexibility index (Phi) is 2.25. The summed E-state index contributed by atoms with van der Waals surface area (Å²) in [5.41, 5.74) is 0.319. The first-order valence-electron chi connectivity index (χ1n) is 6.77. The summed E-state index contributed by atoms with van der Waals surface area (Å²) >= 11 is 0. The molecule has 19 heavy (non-hydrogen) atoms. The number of hydrogen-bond donors (Lipinski definition) is 0. The highest BCUT2D eigenvalue weighted by atomic mass is 16.6. The number of esters is 1. The maximum atomic E-state index is 11.8. The molecule has 5 nitrogen and oxygen atoms in total. The predicted octanol–water partition coefficient (Wildman–Crippen LogP) is 1.78. The maximum Gasteiger partial charge on any atom is 0.304 e. The number of carbonyl (C=O) groups excluding carboxylic acids is 2. The topological polar surface area (TPSA) is 59.0 Å². The van der Waals surface area contributed by atoms with Crippen molar-refractivity contribution in [3.05, 3.63) is 0 Å². The van der Waals surface area contributed by atoms with E-state index in [1.54, 1.807) is 0 Å². The number of hydrogen-bond acceptors (Lipinski definition) is 4. The Labute approximate surface area is 113 Å². The fraction of sp³-hybridized carbons (Fsp3) is 0.786. The largest absolute Gasteiger partial charge is 0.436 e. The Morgan fingerprint density at radius 1 is 1.37 bits per heavy atom. The molecule has 5 heteroatoms. The van der Waals surface area contributed by atoms with Crippen LogP contribution in [0.15, 0.2) is 5.10 Å². The number of ether oxygens (including phenoxy) is 1. The fourth-order valence-corrected chi connectivity index (χ4v) is 4.40. The van der Waals surface area contributed by atoms with E-state index in [9.17, 15) is 9.59 Å². The second kappa shape index (κ2) is 3.38. The van der Waals surface area contributed by atoms with E-state index in [4.69, 9.17) is 4.74 Å². The van der Waals surface area contributed by atoms with Crippen molar-refractivity contribution in [1.82, 2.24) is 5.01 Å². The van der Waals surface area contributed by atoms with E-state index in [0.717, 1.165) is 5.71 Å². The number of rotatable bonds is 1. The van der Waals surface area contributed by atoms with Gasteiger partial charge in [0.05, 0.1) is 5.92 Å². The molecule has 0 aromatic rings. The van der Waals surface area contributed by atoms with Gasteiger partial charge in [-0.05, 0) is 24.2 Å². The molecular weight excluding hydrogens is 244 g/mol. The minimum Gasteiger partial charge on any atom is -0.436 e. The summed E-state index contributed by atoms with van der Waals surface area (Å²) < 4.78 is 5.61. The monoisotopic (exact) mass is 264 g/mol. The van der Waals surface area contributed by atoms with Gasteiger partial charge in [-0.3, -0.25) is 9.59 Å². The Morgan fingerprint density at radius 3 is 2.53 bits per heavy atom. The first kappa shape index (κ1) is 12.6. The molecule has 1 amide bonds. The highest BCUT2D eigenvalue weighted by molar-refractivity contribution is 5.92. The Balaban J connectivity index is 2.02. The average molecular weight is 264 g/mol. The van der Waals surface area contributed by atoms with Crippen LogP contribution in [0.2, 0.25) is 0 Å². The molecule has 3 rings (SSSR count). The minimum absolute atomic E-state index is 0.0558. The van der Waals surface area contributed by atoms with Gasteiger partial charge < -0.3 is 4.74 Å². The van der Waals surface area contributed by atoms with Crippen LogP contribution in [0, 0.1) is 23.2 Å². The molecule has 0 aromatic carbocycles. The molecule has 0 unspecified atom stereocenters. The number of fused-ring (bicyclic) bond motifs is 3. The molecule has 0 N–H and O–H groups in total. The lowest BCUT2D eigenvalue weighted by molar-refractivity contribution is -0.191. The van der Waals surface area contributed by atoms with Crippen LogP contribution in [-0.4, -0.2) is 28.3 Å². The van der Waals surface area contributed by atoms with Crippen molar-refractivity contribution in [2.75, 3.05) is 0 Å². The fourth-order valence-electron chi connectivity index (χ4n) is 4.40. The van der Waals surface area contributed by atoms with Gasteiger partial charge in [-0.25, -0.2) is 0 Å². The third-order valence-corrected chi connectivity index (χ3v) is 5.18. The van der Waals surface area contributed by atoms with Crippen LogP contribution in [0.1, 0.15) is 41.0 Å².